The molecule has 3 atom stereocenters. The maximum absolute atomic E-state index is 11.9. The van der Waals surface area contributed by atoms with Crippen LogP contribution in [0.1, 0.15) is 45.1 Å². The van der Waals surface area contributed by atoms with E-state index in [-0.39, 0.29) is 6.42 Å². The van der Waals surface area contributed by atoms with Crippen molar-refractivity contribution >= 4 is 11.9 Å². The van der Waals surface area contributed by atoms with Gasteiger partial charge in [0.15, 0.2) is 0 Å². The van der Waals surface area contributed by atoms with Crippen LogP contribution in [-0.2, 0) is 15.0 Å². The van der Waals surface area contributed by atoms with E-state index in [0.717, 1.165) is 18.4 Å². The van der Waals surface area contributed by atoms with Gasteiger partial charge in [0.05, 0.1) is 18.9 Å². The average molecular weight is 320 g/mol. The van der Waals surface area contributed by atoms with E-state index < -0.39 is 28.7 Å². The molecule has 1 fully saturated rings. The van der Waals surface area contributed by atoms with Crippen LogP contribution < -0.4 is 4.74 Å². The maximum Gasteiger partial charge on any atom is 0.309 e. The van der Waals surface area contributed by atoms with E-state index in [9.17, 15) is 19.8 Å². The van der Waals surface area contributed by atoms with Crippen LogP contribution >= 0.6 is 0 Å². The standard InChI is InChI=1S/C18H24O5/c1-17(12-7-4-5-8-13(12)23-3)9-6-10-18(2,16(21)22)14(17)11-15(19)20/h4-5,7-8,14H,6,9-11H2,1-3H3,(H,19,20)(H,21,22). The zero-order chi connectivity index (χ0) is 17.3. The molecule has 1 aliphatic carbocycles. The fourth-order valence-electron chi connectivity index (χ4n) is 4.19. The van der Waals surface area contributed by atoms with Crippen molar-refractivity contribution in [1.29, 1.82) is 0 Å². The highest BCUT2D eigenvalue weighted by Gasteiger charge is 2.54. The number of carbonyl (C=O) groups is 2. The highest BCUT2D eigenvalue weighted by molar-refractivity contribution is 5.77. The van der Waals surface area contributed by atoms with Crippen LogP contribution in [0.4, 0.5) is 0 Å². The van der Waals surface area contributed by atoms with E-state index in [2.05, 4.69) is 0 Å². The Bertz CT molecular complexity index is 611. The lowest BCUT2D eigenvalue weighted by molar-refractivity contribution is -0.159. The number of hydrogen-bond acceptors (Lipinski definition) is 3. The second-order valence-corrected chi connectivity index (χ2v) is 6.84. The summed E-state index contributed by atoms with van der Waals surface area (Å²) < 4.78 is 5.45. The summed E-state index contributed by atoms with van der Waals surface area (Å²) in [5.74, 6) is -1.72. The lowest BCUT2D eigenvalue weighted by atomic mass is 9.52. The normalized spacial score (nSPS) is 30.7. The zero-order valence-electron chi connectivity index (χ0n) is 13.8. The first-order chi connectivity index (χ1) is 10.8. The highest BCUT2D eigenvalue weighted by Crippen LogP contribution is 2.55. The van der Waals surface area contributed by atoms with Gasteiger partial charge in [-0.15, -0.1) is 0 Å². The SMILES string of the molecule is COc1ccccc1C1(C)CCCC(C)(C(=O)O)C1CC(=O)O. The second kappa shape index (κ2) is 6.22. The molecule has 0 spiro atoms. The second-order valence-electron chi connectivity index (χ2n) is 6.84. The van der Waals surface area contributed by atoms with E-state index in [1.807, 2.05) is 31.2 Å². The summed E-state index contributed by atoms with van der Waals surface area (Å²) in [6.45, 7) is 3.65. The first kappa shape index (κ1) is 17.3. The summed E-state index contributed by atoms with van der Waals surface area (Å²) >= 11 is 0. The summed E-state index contributed by atoms with van der Waals surface area (Å²) in [4.78, 5) is 23.3. The molecular formula is C18H24O5. The van der Waals surface area contributed by atoms with Gasteiger partial charge in [0.25, 0.3) is 0 Å². The Morgan fingerprint density at radius 2 is 1.87 bits per heavy atom. The van der Waals surface area contributed by atoms with Gasteiger partial charge in [0.1, 0.15) is 5.75 Å². The summed E-state index contributed by atoms with van der Waals surface area (Å²) in [5, 5.41) is 19.1. The number of benzene rings is 1. The number of hydrogen-bond donors (Lipinski definition) is 2. The lowest BCUT2D eigenvalue weighted by Crippen LogP contribution is -2.51. The third-order valence-corrected chi connectivity index (χ3v) is 5.52. The number of carboxylic acids is 2. The molecule has 1 saturated carbocycles. The quantitative estimate of drug-likeness (QED) is 0.869. The molecule has 1 aromatic rings. The molecule has 0 aromatic heterocycles. The van der Waals surface area contributed by atoms with E-state index >= 15 is 0 Å². The topological polar surface area (TPSA) is 83.8 Å². The van der Waals surface area contributed by atoms with Crippen molar-refractivity contribution in [2.75, 3.05) is 7.11 Å². The Morgan fingerprint density at radius 1 is 1.22 bits per heavy atom. The van der Waals surface area contributed by atoms with Crippen LogP contribution in [0.2, 0.25) is 0 Å². The lowest BCUT2D eigenvalue weighted by Gasteiger charge is -2.50. The molecule has 5 nitrogen and oxygen atoms in total. The average Bonchev–Trinajstić information content (AvgIpc) is 2.51. The monoisotopic (exact) mass is 320 g/mol. The van der Waals surface area contributed by atoms with Crippen molar-refractivity contribution in [2.24, 2.45) is 11.3 Å². The van der Waals surface area contributed by atoms with Crippen LogP contribution in [0.25, 0.3) is 0 Å². The van der Waals surface area contributed by atoms with Crippen LogP contribution in [0, 0.1) is 11.3 Å². The first-order valence-corrected chi connectivity index (χ1v) is 7.84. The molecule has 1 aromatic carbocycles. The Hall–Kier alpha value is -2.04. The molecule has 2 N–H and O–H groups in total. The van der Waals surface area contributed by atoms with Crippen molar-refractivity contribution in [1.82, 2.24) is 0 Å². The number of rotatable bonds is 5. The molecule has 0 aliphatic heterocycles. The van der Waals surface area contributed by atoms with Gasteiger partial charge in [-0.1, -0.05) is 31.5 Å². The number of carboxylic acid groups (broad SMARTS) is 2. The molecule has 1 aliphatic rings. The predicted octanol–water partition coefficient (Wildman–Crippen LogP) is 3.32. The fraction of sp³-hybridized carbons (Fsp3) is 0.556. The molecule has 0 amide bonds. The van der Waals surface area contributed by atoms with Gasteiger partial charge in [-0.25, -0.2) is 0 Å². The molecule has 23 heavy (non-hydrogen) atoms. The van der Waals surface area contributed by atoms with E-state index in [0.29, 0.717) is 12.2 Å². The number of methoxy groups -OCH3 is 1. The molecule has 2 rings (SSSR count). The molecule has 126 valence electrons. The minimum Gasteiger partial charge on any atom is -0.496 e. The summed E-state index contributed by atoms with van der Waals surface area (Å²) in [6.07, 6.45) is 1.81. The van der Waals surface area contributed by atoms with E-state index in [1.165, 1.54) is 0 Å². The summed E-state index contributed by atoms with van der Waals surface area (Å²) in [5.41, 5.74) is -0.733. The molecule has 3 unspecified atom stereocenters. The van der Waals surface area contributed by atoms with Crippen LogP contribution in [-0.4, -0.2) is 29.3 Å². The van der Waals surface area contributed by atoms with Gasteiger partial charge in [-0.3, -0.25) is 9.59 Å². The van der Waals surface area contributed by atoms with Gasteiger partial charge in [-0.2, -0.15) is 0 Å². The predicted molar refractivity (Wildman–Crippen MR) is 85.7 cm³/mol. The molecule has 0 saturated heterocycles. The van der Waals surface area contributed by atoms with Crippen molar-refractivity contribution in [3.05, 3.63) is 29.8 Å². The van der Waals surface area contributed by atoms with Crippen LogP contribution in [0.5, 0.6) is 5.75 Å². The van der Waals surface area contributed by atoms with Crippen molar-refractivity contribution in [2.45, 2.75) is 44.9 Å². The van der Waals surface area contributed by atoms with E-state index in [4.69, 9.17) is 4.74 Å². The number of para-hydroxylation sites is 1. The van der Waals surface area contributed by atoms with Gasteiger partial charge >= 0.3 is 11.9 Å². The minimum atomic E-state index is -1.06. The van der Waals surface area contributed by atoms with Crippen molar-refractivity contribution in [3.63, 3.8) is 0 Å². The smallest absolute Gasteiger partial charge is 0.309 e. The van der Waals surface area contributed by atoms with E-state index in [1.54, 1.807) is 14.0 Å². The van der Waals surface area contributed by atoms with Gasteiger partial charge < -0.3 is 14.9 Å². The number of ether oxygens (including phenoxy) is 1. The molecule has 0 heterocycles. The Morgan fingerprint density at radius 3 is 2.43 bits per heavy atom. The molecule has 0 radical (unpaired) electrons. The van der Waals surface area contributed by atoms with Crippen LogP contribution in [0.3, 0.4) is 0 Å². The maximum atomic E-state index is 11.9. The zero-order valence-corrected chi connectivity index (χ0v) is 13.8. The minimum absolute atomic E-state index is 0.169. The molecular weight excluding hydrogens is 296 g/mol. The molecule has 5 heteroatoms. The highest BCUT2D eigenvalue weighted by atomic mass is 16.5. The van der Waals surface area contributed by atoms with Gasteiger partial charge in [0, 0.05) is 11.0 Å². The Kier molecular flexibility index (Phi) is 4.68. The largest absolute Gasteiger partial charge is 0.496 e. The fourth-order valence-corrected chi connectivity index (χ4v) is 4.19. The Labute approximate surface area is 136 Å². The third-order valence-electron chi connectivity index (χ3n) is 5.52. The molecule has 0 bridgehead atoms. The summed E-state index contributed by atoms with van der Waals surface area (Å²) in [7, 11) is 1.58. The Balaban J connectivity index is 2.60. The van der Waals surface area contributed by atoms with Gasteiger partial charge in [0.2, 0.25) is 0 Å². The van der Waals surface area contributed by atoms with Crippen molar-refractivity contribution < 1.29 is 24.5 Å². The first-order valence-electron chi connectivity index (χ1n) is 7.84. The van der Waals surface area contributed by atoms with Gasteiger partial charge in [-0.05, 0) is 31.7 Å². The van der Waals surface area contributed by atoms with Crippen molar-refractivity contribution in [3.8, 4) is 5.75 Å². The summed E-state index contributed by atoms with van der Waals surface area (Å²) in [6, 6.07) is 7.50. The number of aliphatic carboxylic acids is 2. The van der Waals surface area contributed by atoms with Crippen LogP contribution in [0.15, 0.2) is 24.3 Å². The third kappa shape index (κ3) is 2.92.